The molecule has 110 valence electrons. The Morgan fingerprint density at radius 2 is 2.30 bits per heavy atom. The number of aliphatic carboxylic acids is 1. The predicted octanol–water partition coefficient (Wildman–Crippen LogP) is 2.29. The van der Waals surface area contributed by atoms with Gasteiger partial charge in [-0.2, -0.15) is 0 Å². The van der Waals surface area contributed by atoms with Crippen LogP contribution < -0.4 is 10.6 Å². The quantitative estimate of drug-likeness (QED) is 0.751. The number of amides is 2. The number of aromatic nitrogens is 1. The Hall–Kier alpha value is -1.63. The van der Waals surface area contributed by atoms with E-state index in [4.69, 9.17) is 5.11 Å². The van der Waals surface area contributed by atoms with Gasteiger partial charge in [-0.25, -0.2) is 9.78 Å². The molecule has 0 saturated heterocycles. The molecule has 1 saturated carbocycles. The van der Waals surface area contributed by atoms with Gasteiger partial charge in [0.05, 0.1) is 18.0 Å². The minimum absolute atomic E-state index is 0.0194. The summed E-state index contributed by atoms with van der Waals surface area (Å²) in [4.78, 5) is 27.1. The Kier molecular flexibility index (Phi) is 4.59. The third-order valence-electron chi connectivity index (χ3n) is 3.64. The number of carboxylic acids is 1. The van der Waals surface area contributed by atoms with Gasteiger partial charge in [0.15, 0.2) is 0 Å². The normalized spacial score (nSPS) is 17.9. The highest BCUT2D eigenvalue weighted by Crippen LogP contribution is 2.35. The van der Waals surface area contributed by atoms with Crippen LogP contribution in [0, 0.1) is 0 Å². The molecule has 1 aliphatic carbocycles. The maximum Gasteiger partial charge on any atom is 0.315 e. The molecule has 0 spiro atoms. The standard InChI is InChI=1S/C13H19N3O3S/c1-2-9(11-14-6-7-20-11)15-12(19)16-13(4-3-5-13)8-10(17)18/h6-7,9H,2-5,8H2,1H3,(H,17,18)(H2,15,16,19). The van der Waals surface area contributed by atoms with Crippen LogP contribution >= 0.6 is 11.3 Å². The van der Waals surface area contributed by atoms with Gasteiger partial charge in [0.25, 0.3) is 0 Å². The third kappa shape index (κ3) is 3.47. The maximum absolute atomic E-state index is 12.1. The number of nitrogens with zero attached hydrogens (tertiary/aromatic N) is 1. The van der Waals surface area contributed by atoms with Crippen LogP contribution in [0.15, 0.2) is 11.6 Å². The van der Waals surface area contributed by atoms with Crippen molar-refractivity contribution >= 4 is 23.3 Å². The number of carbonyl (C=O) groups is 2. The van der Waals surface area contributed by atoms with E-state index in [0.29, 0.717) is 0 Å². The van der Waals surface area contributed by atoms with Gasteiger partial charge in [-0.1, -0.05) is 6.92 Å². The second-order valence-electron chi connectivity index (χ2n) is 5.13. The Bertz CT molecular complexity index is 471. The topological polar surface area (TPSA) is 91.3 Å². The first-order chi connectivity index (χ1) is 9.54. The molecule has 1 aliphatic rings. The van der Waals surface area contributed by atoms with Crippen LogP contribution in [0.4, 0.5) is 4.79 Å². The zero-order valence-corrected chi connectivity index (χ0v) is 12.2. The smallest absolute Gasteiger partial charge is 0.315 e. The molecule has 0 aliphatic heterocycles. The lowest BCUT2D eigenvalue weighted by Gasteiger charge is -2.41. The number of rotatable bonds is 6. The van der Waals surface area contributed by atoms with Crippen LogP contribution in [0.5, 0.6) is 0 Å². The van der Waals surface area contributed by atoms with Crippen LogP contribution in [-0.2, 0) is 4.79 Å². The molecule has 1 heterocycles. The van der Waals surface area contributed by atoms with Crippen molar-refractivity contribution in [2.45, 2.75) is 50.6 Å². The van der Waals surface area contributed by atoms with Gasteiger partial charge in [0, 0.05) is 11.6 Å². The molecular formula is C13H19N3O3S. The molecule has 0 aromatic carbocycles. The fourth-order valence-electron chi connectivity index (χ4n) is 2.42. The lowest BCUT2D eigenvalue weighted by molar-refractivity contribution is -0.139. The first kappa shape index (κ1) is 14.8. The number of nitrogens with one attached hydrogen (secondary N) is 2. The van der Waals surface area contributed by atoms with Gasteiger partial charge in [-0.15, -0.1) is 11.3 Å². The van der Waals surface area contributed by atoms with E-state index in [2.05, 4.69) is 15.6 Å². The van der Waals surface area contributed by atoms with Gasteiger partial charge in [-0.3, -0.25) is 4.79 Å². The first-order valence-electron chi connectivity index (χ1n) is 6.74. The van der Waals surface area contributed by atoms with Crippen molar-refractivity contribution in [3.05, 3.63) is 16.6 Å². The Morgan fingerprint density at radius 3 is 2.75 bits per heavy atom. The number of hydrogen-bond donors (Lipinski definition) is 3. The molecule has 7 heteroatoms. The number of urea groups is 1. The monoisotopic (exact) mass is 297 g/mol. The van der Waals surface area contributed by atoms with Crippen molar-refractivity contribution < 1.29 is 14.7 Å². The van der Waals surface area contributed by atoms with Crippen LogP contribution in [0.2, 0.25) is 0 Å². The van der Waals surface area contributed by atoms with Gasteiger partial charge < -0.3 is 15.7 Å². The van der Waals surface area contributed by atoms with E-state index < -0.39 is 11.5 Å². The molecule has 1 atom stereocenters. The highest BCUT2D eigenvalue weighted by molar-refractivity contribution is 7.09. The molecule has 0 bridgehead atoms. The Labute approximate surface area is 121 Å². The van der Waals surface area contributed by atoms with Crippen LogP contribution in [0.25, 0.3) is 0 Å². The summed E-state index contributed by atoms with van der Waals surface area (Å²) in [5, 5.41) is 17.4. The highest BCUT2D eigenvalue weighted by Gasteiger charge is 2.40. The summed E-state index contributed by atoms with van der Waals surface area (Å²) in [5.41, 5.74) is -0.572. The summed E-state index contributed by atoms with van der Waals surface area (Å²) in [6.45, 7) is 1.97. The summed E-state index contributed by atoms with van der Waals surface area (Å²) < 4.78 is 0. The van der Waals surface area contributed by atoms with Crippen LogP contribution in [0.1, 0.15) is 50.1 Å². The third-order valence-corrected chi connectivity index (χ3v) is 4.53. The number of thiazole rings is 1. The SMILES string of the molecule is CCC(NC(=O)NC1(CC(=O)O)CCC1)c1nccs1. The molecule has 0 radical (unpaired) electrons. The molecule has 2 amide bonds. The van der Waals surface area contributed by atoms with Crippen molar-refractivity contribution in [2.75, 3.05) is 0 Å². The molecular weight excluding hydrogens is 278 g/mol. The number of carboxylic acid groups (broad SMARTS) is 1. The molecule has 1 fully saturated rings. The highest BCUT2D eigenvalue weighted by atomic mass is 32.1. The molecule has 2 rings (SSSR count). The minimum atomic E-state index is -0.878. The summed E-state index contributed by atoms with van der Waals surface area (Å²) in [6, 6.07) is -0.440. The lowest BCUT2D eigenvalue weighted by atomic mass is 9.74. The maximum atomic E-state index is 12.1. The zero-order valence-electron chi connectivity index (χ0n) is 11.4. The summed E-state index contributed by atoms with van der Waals surface area (Å²) in [7, 11) is 0. The largest absolute Gasteiger partial charge is 0.481 e. The van der Waals surface area contributed by atoms with E-state index in [-0.39, 0.29) is 18.5 Å². The van der Waals surface area contributed by atoms with Gasteiger partial charge in [-0.05, 0) is 25.7 Å². The van der Waals surface area contributed by atoms with E-state index in [0.717, 1.165) is 30.7 Å². The van der Waals surface area contributed by atoms with E-state index in [1.807, 2.05) is 12.3 Å². The van der Waals surface area contributed by atoms with E-state index >= 15 is 0 Å². The molecule has 1 aromatic heterocycles. The zero-order chi connectivity index (χ0) is 14.6. The fourth-order valence-corrected chi connectivity index (χ4v) is 3.19. The number of hydrogen-bond acceptors (Lipinski definition) is 4. The summed E-state index contributed by atoms with van der Waals surface area (Å²) in [6.07, 6.45) is 4.83. The van der Waals surface area contributed by atoms with Gasteiger partial charge in [0.1, 0.15) is 5.01 Å². The van der Waals surface area contributed by atoms with Crippen molar-refractivity contribution in [3.63, 3.8) is 0 Å². The Morgan fingerprint density at radius 1 is 1.55 bits per heavy atom. The first-order valence-corrected chi connectivity index (χ1v) is 7.62. The fraction of sp³-hybridized carbons (Fsp3) is 0.615. The minimum Gasteiger partial charge on any atom is -0.481 e. The van der Waals surface area contributed by atoms with Gasteiger partial charge >= 0.3 is 12.0 Å². The summed E-state index contributed by atoms with van der Waals surface area (Å²) >= 11 is 1.50. The average Bonchev–Trinajstić information content (AvgIpc) is 2.86. The van der Waals surface area contributed by atoms with Crippen molar-refractivity contribution in [3.8, 4) is 0 Å². The molecule has 3 N–H and O–H groups in total. The lowest BCUT2D eigenvalue weighted by Crippen LogP contribution is -2.57. The van der Waals surface area contributed by atoms with E-state index in [1.54, 1.807) is 6.20 Å². The van der Waals surface area contributed by atoms with Gasteiger partial charge in [0.2, 0.25) is 0 Å². The van der Waals surface area contributed by atoms with Crippen LogP contribution in [-0.4, -0.2) is 27.6 Å². The Balaban J connectivity index is 1.92. The van der Waals surface area contributed by atoms with Crippen LogP contribution in [0.3, 0.4) is 0 Å². The second-order valence-corrected chi connectivity index (χ2v) is 6.06. The molecule has 1 unspecified atom stereocenters. The summed E-state index contributed by atoms with van der Waals surface area (Å²) in [5.74, 6) is -0.878. The van der Waals surface area contributed by atoms with E-state index in [9.17, 15) is 9.59 Å². The second kappa shape index (κ2) is 6.21. The predicted molar refractivity (Wildman–Crippen MR) is 75.6 cm³/mol. The number of carbonyl (C=O) groups excluding carboxylic acids is 1. The van der Waals surface area contributed by atoms with E-state index in [1.165, 1.54) is 11.3 Å². The molecule has 1 aromatic rings. The van der Waals surface area contributed by atoms with Crippen molar-refractivity contribution in [1.82, 2.24) is 15.6 Å². The average molecular weight is 297 g/mol. The molecule has 6 nitrogen and oxygen atoms in total. The van der Waals surface area contributed by atoms with Crippen molar-refractivity contribution in [2.24, 2.45) is 0 Å². The van der Waals surface area contributed by atoms with Crippen molar-refractivity contribution in [1.29, 1.82) is 0 Å². The molecule has 20 heavy (non-hydrogen) atoms.